The monoisotopic (exact) mass is 367 g/mol. The van der Waals surface area contributed by atoms with Gasteiger partial charge in [-0.1, -0.05) is 30.3 Å². The first-order valence-corrected chi connectivity index (χ1v) is 9.97. The molecule has 2 aromatic rings. The highest BCUT2D eigenvalue weighted by atomic mass is 16.5. The van der Waals surface area contributed by atoms with Gasteiger partial charge in [0.2, 0.25) is 5.95 Å². The van der Waals surface area contributed by atoms with Crippen LogP contribution in [0.3, 0.4) is 0 Å². The molecule has 2 fully saturated rings. The molecule has 1 aromatic heterocycles. The van der Waals surface area contributed by atoms with E-state index in [0.717, 1.165) is 76.2 Å². The Hall–Kier alpha value is -2.18. The van der Waals surface area contributed by atoms with Crippen molar-refractivity contribution in [2.75, 3.05) is 49.6 Å². The van der Waals surface area contributed by atoms with Gasteiger partial charge in [-0.15, -0.1) is 0 Å². The third kappa shape index (κ3) is 4.96. The van der Waals surface area contributed by atoms with Gasteiger partial charge in [-0.05, 0) is 25.3 Å². The minimum Gasteiger partial charge on any atom is -0.378 e. The van der Waals surface area contributed by atoms with Crippen molar-refractivity contribution in [1.82, 2.24) is 14.9 Å². The number of ether oxygens (including phenoxy) is 1. The van der Waals surface area contributed by atoms with Gasteiger partial charge in [-0.3, -0.25) is 4.90 Å². The van der Waals surface area contributed by atoms with Crippen LogP contribution < -0.4 is 10.2 Å². The normalized spacial score (nSPS) is 19.2. The number of nitrogens with one attached hydrogen (secondary N) is 1. The van der Waals surface area contributed by atoms with Crippen LogP contribution in [0.15, 0.2) is 36.4 Å². The molecule has 144 valence electrons. The van der Waals surface area contributed by atoms with Crippen LogP contribution in [0.1, 0.15) is 24.1 Å². The number of aromatic nitrogens is 2. The Kier molecular flexibility index (Phi) is 5.84. The molecule has 0 atom stereocenters. The van der Waals surface area contributed by atoms with Crippen molar-refractivity contribution < 1.29 is 4.74 Å². The Morgan fingerprint density at radius 1 is 1.04 bits per heavy atom. The van der Waals surface area contributed by atoms with Gasteiger partial charge < -0.3 is 15.0 Å². The number of hydrogen-bond acceptors (Lipinski definition) is 6. The van der Waals surface area contributed by atoms with Crippen molar-refractivity contribution in [3.63, 3.8) is 0 Å². The Bertz CT molecular complexity index is 725. The maximum atomic E-state index is 5.44. The summed E-state index contributed by atoms with van der Waals surface area (Å²) >= 11 is 0. The highest BCUT2D eigenvalue weighted by Crippen LogP contribution is 2.20. The van der Waals surface area contributed by atoms with Gasteiger partial charge in [0.1, 0.15) is 5.82 Å². The van der Waals surface area contributed by atoms with Gasteiger partial charge in [0.25, 0.3) is 0 Å². The van der Waals surface area contributed by atoms with Crippen molar-refractivity contribution in [1.29, 1.82) is 0 Å². The fourth-order valence-electron chi connectivity index (χ4n) is 3.82. The molecule has 0 spiro atoms. The maximum Gasteiger partial charge on any atom is 0.227 e. The second kappa shape index (κ2) is 8.67. The molecule has 2 aliphatic heterocycles. The Morgan fingerprint density at radius 2 is 1.78 bits per heavy atom. The number of hydrogen-bond donors (Lipinski definition) is 1. The van der Waals surface area contributed by atoms with E-state index in [1.54, 1.807) is 0 Å². The highest BCUT2D eigenvalue weighted by molar-refractivity contribution is 5.44. The third-order valence-corrected chi connectivity index (χ3v) is 5.32. The first-order valence-electron chi connectivity index (χ1n) is 9.97. The minimum atomic E-state index is 0.476. The lowest BCUT2D eigenvalue weighted by atomic mass is 10.0. The SMILES string of the molecule is Cc1cc(NC2CCN(Cc3ccccc3)CC2)nc(N2CCOCC2)n1. The van der Waals surface area contributed by atoms with Crippen LogP contribution in [0.2, 0.25) is 0 Å². The van der Waals surface area contributed by atoms with Crippen LogP contribution in [0.25, 0.3) is 0 Å². The van der Waals surface area contributed by atoms with Crippen LogP contribution in [-0.4, -0.2) is 60.3 Å². The van der Waals surface area contributed by atoms with E-state index in [1.807, 2.05) is 6.92 Å². The number of piperidine rings is 1. The van der Waals surface area contributed by atoms with Crippen molar-refractivity contribution in [3.8, 4) is 0 Å². The predicted molar refractivity (Wildman–Crippen MR) is 108 cm³/mol. The van der Waals surface area contributed by atoms with Crippen molar-refractivity contribution in [2.45, 2.75) is 32.4 Å². The number of anilines is 2. The summed E-state index contributed by atoms with van der Waals surface area (Å²) in [5, 5.41) is 3.65. The molecule has 0 unspecified atom stereocenters. The standard InChI is InChI=1S/C21H29N5O/c1-17-15-20(24-21(22-17)26-11-13-27-14-12-26)23-19-7-9-25(10-8-19)16-18-5-3-2-4-6-18/h2-6,15,19H,7-14,16H2,1H3,(H,22,23,24). The average molecular weight is 367 g/mol. The van der Waals surface area contributed by atoms with E-state index in [-0.39, 0.29) is 0 Å². The molecule has 2 saturated heterocycles. The molecule has 6 heteroatoms. The zero-order valence-electron chi connectivity index (χ0n) is 16.1. The zero-order valence-corrected chi connectivity index (χ0v) is 16.1. The summed E-state index contributed by atoms with van der Waals surface area (Å²) in [5.41, 5.74) is 2.40. The predicted octanol–water partition coefficient (Wildman–Crippen LogP) is 2.70. The van der Waals surface area contributed by atoms with E-state index in [2.05, 4.69) is 56.5 Å². The summed E-state index contributed by atoms with van der Waals surface area (Å²) in [7, 11) is 0. The van der Waals surface area contributed by atoms with Gasteiger partial charge >= 0.3 is 0 Å². The van der Waals surface area contributed by atoms with Crippen molar-refractivity contribution in [2.24, 2.45) is 0 Å². The fraction of sp³-hybridized carbons (Fsp3) is 0.524. The fourth-order valence-corrected chi connectivity index (χ4v) is 3.82. The highest BCUT2D eigenvalue weighted by Gasteiger charge is 2.21. The Balaban J connectivity index is 1.32. The van der Waals surface area contributed by atoms with Crippen LogP contribution in [0.4, 0.5) is 11.8 Å². The number of rotatable bonds is 5. The molecule has 4 rings (SSSR count). The third-order valence-electron chi connectivity index (χ3n) is 5.32. The Morgan fingerprint density at radius 3 is 2.52 bits per heavy atom. The number of benzene rings is 1. The van der Waals surface area contributed by atoms with Gasteiger partial charge in [0.15, 0.2) is 0 Å². The van der Waals surface area contributed by atoms with Gasteiger partial charge in [-0.2, -0.15) is 4.98 Å². The summed E-state index contributed by atoms with van der Waals surface area (Å²) in [6, 6.07) is 13.3. The lowest BCUT2D eigenvalue weighted by Gasteiger charge is -2.33. The molecule has 0 radical (unpaired) electrons. The first kappa shape index (κ1) is 18.2. The number of aryl methyl sites for hydroxylation is 1. The van der Waals surface area contributed by atoms with E-state index in [0.29, 0.717) is 6.04 Å². The smallest absolute Gasteiger partial charge is 0.227 e. The second-order valence-corrected chi connectivity index (χ2v) is 7.47. The molecule has 6 nitrogen and oxygen atoms in total. The van der Waals surface area contributed by atoms with Gasteiger partial charge in [0, 0.05) is 50.5 Å². The Labute approximate surface area is 161 Å². The van der Waals surface area contributed by atoms with Crippen molar-refractivity contribution >= 4 is 11.8 Å². The van der Waals surface area contributed by atoms with Crippen LogP contribution in [0, 0.1) is 6.92 Å². The largest absolute Gasteiger partial charge is 0.378 e. The van der Waals surface area contributed by atoms with E-state index < -0.39 is 0 Å². The molecule has 1 aromatic carbocycles. The second-order valence-electron chi connectivity index (χ2n) is 7.47. The molecule has 0 bridgehead atoms. The quantitative estimate of drug-likeness (QED) is 0.877. The van der Waals surface area contributed by atoms with E-state index in [1.165, 1.54) is 5.56 Å². The van der Waals surface area contributed by atoms with Crippen LogP contribution in [0.5, 0.6) is 0 Å². The van der Waals surface area contributed by atoms with Gasteiger partial charge in [0.05, 0.1) is 13.2 Å². The lowest BCUT2D eigenvalue weighted by molar-refractivity contribution is 0.122. The number of likely N-dealkylation sites (tertiary alicyclic amines) is 1. The summed E-state index contributed by atoms with van der Waals surface area (Å²) < 4.78 is 5.44. The molecular weight excluding hydrogens is 338 g/mol. The molecule has 2 aliphatic rings. The average Bonchev–Trinajstić information content (AvgIpc) is 2.71. The number of morpholine rings is 1. The minimum absolute atomic E-state index is 0.476. The summed E-state index contributed by atoms with van der Waals surface area (Å²) in [4.78, 5) is 14.1. The molecule has 0 saturated carbocycles. The topological polar surface area (TPSA) is 53.5 Å². The molecule has 0 amide bonds. The van der Waals surface area contributed by atoms with Crippen LogP contribution in [-0.2, 0) is 11.3 Å². The van der Waals surface area contributed by atoms with Gasteiger partial charge in [-0.25, -0.2) is 4.98 Å². The summed E-state index contributed by atoms with van der Waals surface area (Å²) in [5.74, 6) is 1.77. The molecular formula is C21H29N5O. The van der Waals surface area contributed by atoms with E-state index in [9.17, 15) is 0 Å². The molecule has 0 aliphatic carbocycles. The molecule has 27 heavy (non-hydrogen) atoms. The van der Waals surface area contributed by atoms with E-state index in [4.69, 9.17) is 9.72 Å². The summed E-state index contributed by atoms with van der Waals surface area (Å²) in [6.45, 7) is 8.54. The molecule has 3 heterocycles. The first-order chi connectivity index (χ1) is 13.3. The zero-order chi connectivity index (χ0) is 18.5. The van der Waals surface area contributed by atoms with E-state index >= 15 is 0 Å². The summed E-state index contributed by atoms with van der Waals surface area (Å²) in [6.07, 6.45) is 2.28. The van der Waals surface area contributed by atoms with Crippen molar-refractivity contribution in [3.05, 3.63) is 47.7 Å². The lowest BCUT2D eigenvalue weighted by Crippen LogP contribution is -2.39. The van der Waals surface area contributed by atoms with Crippen LogP contribution >= 0.6 is 0 Å². The molecule has 1 N–H and O–H groups in total. The maximum absolute atomic E-state index is 5.44. The number of nitrogens with zero attached hydrogens (tertiary/aromatic N) is 4.